The van der Waals surface area contributed by atoms with E-state index in [-0.39, 0.29) is 0 Å². The van der Waals surface area contributed by atoms with E-state index in [2.05, 4.69) is 16.1 Å². The lowest BCUT2D eigenvalue weighted by Crippen LogP contribution is -2.24. The average molecular weight is 282 g/mol. The van der Waals surface area contributed by atoms with E-state index >= 15 is 0 Å². The molecule has 1 fully saturated rings. The van der Waals surface area contributed by atoms with Crippen LogP contribution in [0.1, 0.15) is 36.5 Å². The summed E-state index contributed by atoms with van der Waals surface area (Å²) in [4.78, 5) is 0.405. The van der Waals surface area contributed by atoms with Gasteiger partial charge in [0.15, 0.2) is 0 Å². The fraction of sp³-hybridized carbons (Fsp3) is 0.571. The summed E-state index contributed by atoms with van der Waals surface area (Å²) in [6, 6.07) is 4.47. The summed E-state index contributed by atoms with van der Waals surface area (Å²) in [7, 11) is -3.39. The molecule has 0 radical (unpaired) electrons. The second-order valence-corrected chi connectivity index (χ2v) is 6.93. The van der Waals surface area contributed by atoms with Crippen molar-refractivity contribution in [1.29, 1.82) is 0 Å². The Labute approximate surface area is 115 Å². The summed E-state index contributed by atoms with van der Waals surface area (Å²) < 4.78 is 26.9. The summed E-state index contributed by atoms with van der Waals surface area (Å²) >= 11 is 0. The first-order chi connectivity index (χ1) is 8.94. The predicted octanol–water partition coefficient (Wildman–Crippen LogP) is 1.85. The van der Waals surface area contributed by atoms with Gasteiger partial charge in [-0.05, 0) is 49.4 Å². The maximum Gasteiger partial charge on any atom is 0.240 e. The summed E-state index contributed by atoms with van der Waals surface area (Å²) in [6.45, 7) is 6.75. The molecule has 1 aliphatic carbocycles. The number of aryl methyl sites for hydroxylation is 1. The van der Waals surface area contributed by atoms with Crippen LogP contribution in [0.5, 0.6) is 0 Å². The van der Waals surface area contributed by atoms with Crippen LogP contribution in [0, 0.1) is 13.8 Å². The van der Waals surface area contributed by atoms with Crippen molar-refractivity contribution in [1.82, 2.24) is 10.0 Å². The van der Waals surface area contributed by atoms with Crippen LogP contribution in [-0.4, -0.2) is 21.0 Å². The standard InChI is InChI=1S/C14H22N2O2S/c1-4-16-19(17,18)14-8-12(7-10(2)11(14)3)9-15-13-5-6-13/h7-8,13,15-16H,4-6,9H2,1-3H3. The number of benzene rings is 1. The van der Waals surface area contributed by atoms with E-state index in [1.165, 1.54) is 12.8 Å². The van der Waals surface area contributed by atoms with Crippen molar-refractivity contribution in [2.75, 3.05) is 6.54 Å². The van der Waals surface area contributed by atoms with E-state index < -0.39 is 10.0 Å². The number of hydrogen-bond acceptors (Lipinski definition) is 3. The minimum Gasteiger partial charge on any atom is -0.310 e. The minimum atomic E-state index is -3.39. The molecular formula is C14H22N2O2S. The highest BCUT2D eigenvalue weighted by molar-refractivity contribution is 7.89. The normalized spacial score (nSPS) is 15.7. The largest absolute Gasteiger partial charge is 0.310 e. The van der Waals surface area contributed by atoms with Gasteiger partial charge in [-0.15, -0.1) is 0 Å². The van der Waals surface area contributed by atoms with Gasteiger partial charge in [-0.25, -0.2) is 13.1 Å². The molecule has 0 spiro atoms. The van der Waals surface area contributed by atoms with E-state index in [1.54, 1.807) is 13.0 Å². The Morgan fingerprint density at radius 3 is 2.53 bits per heavy atom. The van der Waals surface area contributed by atoms with Crippen LogP contribution in [0.25, 0.3) is 0 Å². The van der Waals surface area contributed by atoms with Crippen LogP contribution in [0.2, 0.25) is 0 Å². The number of rotatable bonds is 6. The van der Waals surface area contributed by atoms with Gasteiger partial charge in [0, 0.05) is 19.1 Å². The molecule has 2 rings (SSSR count). The van der Waals surface area contributed by atoms with Crippen molar-refractivity contribution in [2.45, 2.75) is 51.1 Å². The quantitative estimate of drug-likeness (QED) is 0.837. The predicted molar refractivity (Wildman–Crippen MR) is 76.6 cm³/mol. The van der Waals surface area contributed by atoms with Crippen molar-refractivity contribution in [3.63, 3.8) is 0 Å². The molecule has 0 aromatic heterocycles. The van der Waals surface area contributed by atoms with Gasteiger partial charge < -0.3 is 5.32 Å². The van der Waals surface area contributed by atoms with Crippen molar-refractivity contribution in [3.05, 3.63) is 28.8 Å². The topological polar surface area (TPSA) is 58.2 Å². The molecule has 0 aliphatic heterocycles. The molecule has 0 amide bonds. The highest BCUT2D eigenvalue weighted by Gasteiger charge is 2.21. The van der Waals surface area contributed by atoms with Crippen LogP contribution in [0.15, 0.2) is 17.0 Å². The summed E-state index contributed by atoms with van der Waals surface area (Å²) in [5.74, 6) is 0. The third kappa shape index (κ3) is 3.55. The van der Waals surface area contributed by atoms with Crippen LogP contribution in [0.4, 0.5) is 0 Å². The molecule has 1 aliphatic rings. The first-order valence-electron chi connectivity index (χ1n) is 6.77. The second-order valence-electron chi connectivity index (χ2n) is 5.19. The van der Waals surface area contributed by atoms with E-state index in [1.807, 2.05) is 13.8 Å². The van der Waals surface area contributed by atoms with Crippen LogP contribution in [-0.2, 0) is 16.6 Å². The van der Waals surface area contributed by atoms with Crippen molar-refractivity contribution < 1.29 is 8.42 Å². The van der Waals surface area contributed by atoms with Gasteiger partial charge in [0.25, 0.3) is 0 Å². The Balaban J connectivity index is 2.30. The fourth-order valence-corrected chi connectivity index (χ4v) is 3.50. The molecule has 2 N–H and O–H groups in total. The van der Waals surface area contributed by atoms with Gasteiger partial charge >= 0.3 is 0 Å². The van der Waals surface area contributed by atoms with Gasteiger partial charge in [-0.3, -0.25) is 0 Å². The maximum absolute atomic E-state index is 12.2. The molecule has 1 saturated carbocycles. The maximum atomic E-state index is 12.2. The lowest BCUT2D eigenvalue weighted by molar-refractivity contribution is 0.582. The molecule has 0 atom stereocenters. The zero-order valence-corrected chi connectivity index (χ0v) is 12.6. The molecule has 1 aromatic carbocycles. The first-order valence-corrected chi connectivity index (χ1v) is 8.25. The Hall–Kier alpha value is -0.910. The second kappa shape index (κ2) is 5.61. The molecule has 19 heavy (non-hydrogen) atoms. The van der Waals surface area contributed by atoms with E-state index in [0.717, 1.165) is 23.2 Å². The van der Waals surface area contributed by atoms with E-state index in [4.69, 9.17) is 0 Å². The van der Waals surface area contributed by atoms with Gasteiger partial charge in [0.2, 0.25) is 10.0 Å². The molecule has 0 heterocycles. The molecule has 0 bridgehead atoms. The van der Waals surface area contributed by atoms with Crippen LogP contribution < -0.4 is 10.0 Å². The Bertz CT molecular complexity index is 563. The van der Waals surface area contributed by atoms with Crippen molar-refractivity contribution in [3.8, 4) is 0 Å². The Morgan fingerprint density at radius 1 is 1.26 bits per heavy atom. The van der Waals surface area contributed by atoms with Gasteiger partial charge in [0.1, 0.15) is 0 Å². The smallest absolute Gasteiger partial charge is 0.240 e. The van der Waals surface area contributed by atoms with E-state index in [9.17, 15) is 8.42 Å². The van der Waals surface area contributed by atoms with Crippen molar-refractivity contribution >= 4 is 10.0 Å². The van der Waals surface area contributed by atoms with E-state index in [0.29, 0.717) is 17.5 Å². The summed E-state index contributed by atoms with van der Waals surface area (Å²) in [5, 5.41) is 3.41. The molecule has 5 heteroatoms. The lowest BCUT2D eigenvalue weighted by Gasteiger charge is -2.13. The lowest BCUT2D eigenvalue weighted by atomic mass is 10.1. The molecule has 106 valence electrons. The summed E-state index contributed by atoms with van der Waals surface area (Å²) in [5.41, 5.74) is 2.88. The fourth-order valence-electron chi connectivity index (χ4n) is 2.10. The third-order valence-electron chi connectivity index (χ3n) is 3.48. The zero-order valence-electron chi connectivity index (χ0n) is 11.8. The molecule has 0 unspecified atom stereocenters. The average Bonchev–Trinajstić information content (AvgIpc) is 3.14. The SMILES string of the molecule is CCNS(=O)(=O)c1cc(CNC2CC2)cc(C)c1C. The zero-order chi connectivity index (χ0) is 14.0. The van der Waals surface area contributed by atoms with Gasteiger partial charge in [0.05, 0.1) is 4.90 Å². The number of nitrogens with one attached hydrogen (secondary N) is 2. The Kier molecular flexibility index (Phi) is 4.28. The van der Waals surface area contributed by atoms with Gasteiger partial charge in [-0.1, -0.05) is 13.0 Å². The molecule has 4 nitrogen and oxygen atoms in total. The van der Waals surface area contributed by atoms with Gasteiger partial charge in [-0.2, -0.15) is 0 Å². The first kappa shape index (κ1) is 14.5. The highest BCUT2D eigenvalue weighted by atomic mass is 32.2. The Morgan fingerprint density at radius 2 is 1.95 bits per heavy atom. The highest BCUT2D eigenvalue weighted by Crippen LogP contribution is 2.23. The van der Waals surface area contributed by atoms with Crippen molar-refractivity contribution in [2.24, 2.45) is 0 Å². The monoisotopic (exact) mass is 282 g/mol. The molecule has 0 saturated heterocycles. The van der Waals surface area contributed by atoms with Crippen LogP contribution in [0.3, 0.4) is 0 Å². The molecule has 1 aromatic rings. The number of hydrogen-bond donors (Lipinski definition) is 2. The number of sulfonamides is 1. The van der Waals surface area contributed by atoms with Crippen LogP contribution >= 0.6 is 0 Å². The molecular weight excluding hydrogens is 260 g/mol. The minimum absolute atomic E-state index is 0.405. The third-order valence-corrected chi connectivity index (χ3v) is 5.15. The summed E-state index contributed by atoms with van der Waals surface area (Å²) in [6.07, 6.45) is 2.46.